The predicted octanol–water partition coefficient (Wildman–Crippen LogP) is 1.27. The number of rotatable bonds is 6. The van der Waals surface area contributed by atoms with Gasteiger partial charge in [0.2, 0.25) is 0 Å². The minimum Gasteiger partial charge on any atom is -0.395 e. The molecule has 0 aromatic rings. The molecule has 1 unspecified atom stereocenters. The minimum absolute atomic E-state index is 0.162. The molecule has 5 heteroatoms. The van der Waals surface area contributed by atoms with E-state index in [1.54, 1.807) is 7.11 Å². The summed E-state index contributed by atoms with van der Waals surface area (Å²) in [5, 5.41) is 9.17. The summed E-state index contributed by atoms with van der Waals surface area (Å²) >= 11 is 0. The van der Waals surface area contributed by atoms with E-state index in [0.717, 1.165) is 26.2 Å². The summed E-state index contributed by atoms with van der Waals surface area (Å²) in [7, 11) is 3.72. The number of methoxy groups -OCH3 is 1. The van der Waals surface area contributed by atoms with Crippen LogP contribution in [0.5, 0.6) is 0 Å². The van der Waals surface area contributed by atoms with Gasteiger partial charge in [-0.15, -0.1) is 0 Å². The van der Waals surface area contributed by atoms with Crippen molar-refractivity contribution in [3.63, 3.8) is 0 Å². The molecule has 0 bridgehead atoms. The number of aliphatic hydroxyl groups excluding tert-OH is 1. The quantitative estimate of drug-likeness (QED) is 0.741. The van der Waals surface area contributed by atoms with E-state index >= 15 is 0 Å². The molecule has 0 saturated carbocycles. The van der Waals surface area contributed by atoms with E-state index in [0.29, 0.717) is 13.3 Å². The molecule has 1 aliphatic heterocycles. The molecular weight excluding hydrogens is 244 g/mol. The topological polar surface area (TPSA) is 45.2 Å². The minimum atomic E-state index is 0.162. The zero-order valence-corrected chi connectivity index (χ0v) is 13.7. The van der Waals surface area contributed by atoms with Crippen molar-refractivity contribution < 1.29 is 14.6 Å². The lowest BCUT2D eigenvalue weighted by molar-refractivity contribution is -0.0329. The van der Waals surface area contributed by atoms with Crippen LogP contribution in [0.25, 0.3) is 0 Å². The third-order valence-corrected chi connectivity index (χ3v) is 2.68. The van der Waals surface area contributed by atoms with E-state index in [9.17, 15) is 5.11 Å². The fraction of sp³-hybridized carbons (Fsp3) is 1.00. The Morgan fingerprint density at radius 2 is 1.95 bits per heavy atom. The fourth-order valence-electron chi connectivity index (χ4n) is 1.74. The van der Waals surface area contributed by atoms with Gasteiger partial charge in [-0.1, -0.05) is 27.7 Å². The third-order valence-electron chi connectivity index (χ3n) is 2.68. The fourth-order valence-corrected chi connectivity index (χ4v) is 1.74. The van der Waals surface area contributed by atoms with Crippen LogP contribution in [0.3, 0.4) is 0 Å². The Labute approximate surface area is 119 Å². The van der Waals surface area contributed by atoms with Gasteiger partial charge in [-0.05, 0) is 7.05 Å². The standard InChI is InChI=1S/C10H22N2O3.2C2H6/c1-11(9-14-2)3-4-12-5-6-15-8-10(12)7-13;2*1-2/h10,13H,3-9H2,1-2H3;2*1-2H3. The first kappa shape index (κ1) is 21.1. The number of likely N-dealkylation sites (N-methyl/N-ethyl adjacent to an activating group) is 1. The Morgan fingerprint density at radius 1 is 1.32 bits per heavy atom. The molecule has 1 atom stereocenters. The molecule has 1 rings (SSSR count). The van der Waals surface area contributed by atoms with Gasteiger partial charge in [-0.3, -0.25) is 9.80 Å². The Balaban J connectivity index is 0. The highest BCUT2D eigenvalue weighted by molar-refractivity contribution is 4.74. The van der Waals surface area contributed by atoms with Crippen LogP contribution in [0.4, 0.5) is 0 Å². The molecule has 0 spiro atoms. The van der Waals surface area contributed by atoms with Crippen LogP contribution >= 0.6 is 0 Å². The summed E-state index contributed by atoms with van der Waals surface area (Å²) in [5.74, 6) is 0. The van der Waals surface area contributed by atoms with Gasteiger partial charge >= 0.3 is 0 Å². The van der Waals surface area contributed by atoms with Crippen LogP contribution in [0.15, 0.2) is 0 Å². The summed E-state index contributed by atoms with van der Waals surface area (Å²) in [6.07, 6.45) is 0. The molecule has 0 amide bonds. The normalized spacial score (nSPS) is 19.3. The second kappa shape index (κ2) is 15.9. The second-order valence-electron chi connectivity index (χ2n) is 3.94. The Kier molecular flexibility index (Phi) is 17.6. The van der Waals surface area contributed by atoms with Crippen LogP contribution < -0.4 is 0 Å². The van der Waals surface area contributed by atoms with Gasteiger partial charge in [-0.2, -0.15) is 0 Å². The monoisotopic (exact) mass is 278 g/mol. The average molecular weight is 278 g/mol. The van der Waals surface area contributed by atoms with Crippen LogP contribution in [0, 0.1) is 0 Å². The zero-order valence-electron chi connectivity index (χ0n) is 13.7. The van der Waals surface area contributed by atoms with Crippen molar-refractivity contribution in [2.45, 2.75) is 33.7 Å². The van der Waals surface area contributed by atoms with Crippen molar-refractivity contribution in [1.82, 2.24) is 9.80 Å². The number of morpholine rings is 1. The van der Waals surface area contributed by atoms with Gasteiger partial charge in [0, 0.05) is 26.7 Å². The largest absolute Gasteiger partial charge is 0.395 e. The van der Waals surface area contributed by atoms with E-state index in [4.69, 9.17) is 9.47 Å². The predicted molar refractivity (Wildman–Crippen MR) is 80.5 cm³/mol. The summed E-state index contributed by atoms with van der Waals surface area (Å²) in [6, 6.07) is 0.162. The van der Waals surface area contributed by atoms with E-state index in [2.05, 4.69) is 9.80 Å². The molecule has 1 N–H and O–H groups in total. The molecule has 19 heavy (non-hydrogen) atoms. The second-order valence-corrected chi connectivity index (χ2v) is 3.94. The van der Waals surface area contributed by atoms with Crippen LogP contribution in [-0.4, -0.2) is 81.3 Å². The molecule has 0 aromatic carbocycles. The smallest absolute Gasteiger partial charge is 0.0984 e. The highest BCUT2D eigenvalue weighted by atomic mass is 16.5. The summed E-state index contributed by atoms with van der Waals surface area (Å²) in [5.41, 5.74) is 0. The Bertz CT molecular complexity index is 171. The lowest BCUT2D eigenvalue weighted by Gasteiger charge is -2.35. The highest BCUT2D eigenvalue weighted by Crippen LogP contribution is 2.05. The number of hydrogen-bond acceptors (Lipinski definition) is 5. The van der Waals surface area contributed by atoms with Crippen molar-refractivity contribution in [3.8, 4) is 0 Å². The van der Waals surface area contributed by atoms with E-state index < -0.39 is 0 Å². The Morgan fingerprint density at radius 3 is 2.47 bits per heavy atom. The molecule has 1 saturated heterocycles. The first-order chi connectivity index (χ1) is 9.27. The number of aliphatic hydroxyl groups is 1. The van der Waals surface area contributed by atoms with E-state index in [1.807, 2.05) is 34.7 Å². The van der Waals surface area contributed by atoms with Gasteiger partial charge < -0.3 is 14.6 Å². The van der Waals surface area contributed by atoms with Gasteiger partial charge in [0.15, 0.2) is 0 Å². The molecule has 0 aliphatic carbocycles. The lowest BCUT2D eigenvalue weighted by Crippen LogP contribution is -2.49. The van der Waals surface area contributed by atoms with Crippen molar-refractivity contribution in [3.05, 3.63) is 0 Å². The average Bonchev–Trinajstić information content (AvgIpc) is 2.50. The van der Waals surface area contributed by atoms with Gasteiger partial charge in [0.1, 0.15) is 0 Å². The SMILES string of the molecule is CC.CC.COCN(C)CCN1CCOCC1CO. The maximum Gasteiger partial charge on any atom is 0.0984 e. The van der Waals surface area contributed by atoms with Crippen molar-refractivity contribution >= 4 is 0 Å². The summed E-state index contributed by atoms with van der Waals surface area (Å²) < 4.78 is 10.3. The molecular formula is C14H34N2O3. The van der Waals surface area contributed by atoms with E-state index in [1.165, 1.54) is 0 Å². The first-order valence-corrected chi connectivity index (χ1v) is 7.38. The Hall–Kier alpha value is -0.200. The van der Waals surface area contributed by atoms with Gasteiger partial charge in [0.25, 0.3) is 0 Å². The van der Waals surface area contributed by atoms with Crippen molar-refractivity contribution in [2.24, 2.45) is 0 Å². The van der Waals surface area contributed by atoms with Gasteiger partial charge in [-0.25, -0.2) is 0 Å². The van der Waals surface area contributed by atoms with Crippen LogP contribution in [-0.2, 0) is 9.47 Å². The van der Waals surface area contributed by atoms with Crippen LogP contribution in [0.2, 0.25) is 0 Å². The number of hydrogen-bond donors (Lipinski definition) is 1. The molecule has 1 aliphatic rings. The molecule has 1 heterocycles. The van der Waals surface area contributed by atoms with Gasteiger partial charge in [0.05, 0.1) is 32.6 Å². The first-order valence-electron chi connectivity index (χ1n) is 7.38. The highest BCUT2D eigenvalue weighted by Gasteiger charge is 2.21. The molecule has 0 aromatic heterocycles. The lowest BCUT2D eigenvalue weighted by atomic mass is 10.2. The molecule has 5 nitrogen and oxygen atoms in total. The summed E-state index contributed by atoms with van der Waals surface area (Å²) in [6.45, 7) is 13.0. The number of ether oxygens (including phenoxy) is 2. The molecule has 0 radical (unpaired) electrons. The summed E-state index contributed by atoms with van der Waals surface area (Å²) in [4.78, 5) is 4.39. The van der Waals surface area contributed by atoms with Crippen molar-refractivity contribution in [2.75, 3.05) is 60.3 Å². The third kappa shape index (κ3) is 10.3. The zero-order chi connectivity index (χ0) is 15.1. The maximum absolute atomic E-state index is 9.17. The van der Waals surface area contributed by atoms with Crippen LogP contribution in [0.1, 0.15) is 27.7 Å². The van der Waals surface area contributed by atoms with E-state index in [-0.39, 0.29) is 12.6 Å². The molecule has 1 fully saturated rings. The molecule has 118 valence electrons. The number of nitrogens with zero attached hydrogens (tertiary/aromatic N) is 2. The maximum atomic E-state index is 9.17. The van der Waals surface area contributed by atoms with Crippen molar-refractivity contribution in [1.29, 1.82) is 0 Å².